The van der Waals surface area contributed by atoms with Gasteiger partial charge >= 0.3 is 12.3 Å². The van der Waals surface area contributed by atoms with Crippen LogP contribution in [0.4, 0.5) is 9.59 Å². The van der Waals surface area contributed by atoms with Crippen molar-refractivity contribution in [2.75, 3.05) is 0 Å². The highest BCUT2D eigenvalue weighted by molar-refractivity contribution is 5.61. The third-order valence-electron chi connectivity index (χ3n) is 4.82. The standard InChI is InChI=1S/2C14H20O3.CH2O/c2*1-4-10-14(2,3)17-13(15)16-11-12-8-6-5-7-9-12;1-2/h2*5-9H,4,10-11H2,1-3H3;1H2. The van der Waals surface area contributed by atoms with Gasteiger partial charge in [0, 0.05) is 0 Å². The molecule has 2 aromatic carbocycles. The van der Waals surface area contributed by atoms with Crippen molar-refractivity contribution in [2.24, 2.45) is 0 Å². The molecule has 0 saturated heterocycles. The van der Waals surface area contributed by atoms with Gasteiger partial charge in [0.15, 0.2) is 0 Å². The number of hydrogen-bond acceptors (Lipinski definition) is 7. The molecule has 0 aliphatic rings. The second-order valence-corrected chi connectivity index (χ2v) is 9.27. The van der Waals surface area contributed by atoms with Crippen molar-refractivity contribution < 1.29 is 33.3 Å². The molecule has 2 rings (SSSR count). The minimum absolute atomic E-state index is 0.252. The van der Waals surface area contributed by atoms with Gasteiger partial charge < -0.3 is 23.7 Å². The molecule has 2 aromatic rings. The lowest BCUT2D eigenvalue weighted by Crippen LogP contribution is -2.28. The van der Waals surface area contributed by atoms with Gasteiger partial charge in [-0.05, 0) is 51.7 Å². The zero-order chi connectivity index (χ0) is 27.5. The molecule has 0 atom stereocenters. The Morgan fingerprint density at radius 1 is 0.639 bits per heavy atom. The normalized spacial score (nSPS) is 10.5. The van der Waals surface area contributed by atoms with Crippen LogP contribution < -0.4 is 0 Å². The zero-order valence-corrected chi connectivity index (χ0v) is 22.6. The summed E-state index contributed by atoms with van der Waals surface area (Å²) in [6, 6.07) is 19.1. The average molecular weight is 503 g/mol. The third kappa shape index (κ3) is 16.3. The van der Waals surface area contributed by atoms with E-state index >= 15 is 0 Å². The van der Waals surface area contributed by atoms with Crippen molar-refractivity contribution in [3.63, 3.8) is 0 Å². The first-order valence-electron chi connectivity index (χ1n) is 12.1. The van der Waals surface area contributed by atoms with Crippen LogP contribution in [0.1, 0.15) is 78.4 Å². The molecule has 0 amide bonds. The van der Waals surface area contributed by atoms with Crippen LogP contribution in [0.5, 0.6) is 0 Å². The Bertz CT molecular complexity index is 777. The van der Waals surface area contributed by atoms with Crippen molar-refractivity contribution in [1.29, 1.82) is 0 Å². The number of hydrogen-bond donors (Lipinski definition) is 0. The van der Waals surface area contributed by atoms with Crippen molar-refractivity contribution in [3.05, 3.63) is 71.8 Å². The highest BCUT2D eigenvalue weighted by atomic mass is 16.7. The summed E-state index contributed by atoms with van der Waals surface area (Å²) < 4.78 is 20.6. The van der Waals surface area contributed by atoms with Gasteiger partial charge in [0.25, 0.3) is 0 Å². The van der Waals surface area contributed by atoms with E-state index in [1.54, 1.807) is 0 Å². The number of benzene rings is 2. The molecule has 0 unspecified atom stereocenters. The SMILES string of the molecule is C=O.CCCC(C)(C)OC(=O)OCc1ccccc1.CCCC(C)(C)OC(=O)OCc1ccccc1. The lowest BCUT2D eigenvalue weighted by Gasteiger charge is -2.23. The van der Waals surface area contributed by atoms with Gasteiger partial charge in [-0.25, -0.2) is 9.59 Å². The molecule has 36 heavy (non-hydrogen) atoms. The topological polar surface area (TPSA) is 88.1 Å². The van der Waals surface area contributed by atoms with Crippen LogP contribution in [-0.2, 0) is 37.0 Å². The molecule has 0 aromatic heterocycles. The monoisotopic (exact) mass is 502 g/mol. The quantitative estimate of drug-likeness (QED) is 0.308. The van der Waals surface area contributed by atoms with Gasteiger partial charge in [0.1, 0.15) is 31.2 Å². The first-order chi connectivity index (χ1) is 17.1. The Kier molecular flexibility index (Phi) is 16.3. The van der Waals surface area contributed by atoms with Gasteiger partial charge in [-0.15, -0.1) is 0 Å². The number of carbonyl (C=O) groups excluding carboxylic acids is 3. The van der Waals surface area contributed by atoms with Crippen LogP contribution in [0.15, 0.2) is 60.7 Å². The first kappa shape index (κ1) is 32.6. The van der Waals surface area contributed by atoms with E-state index in [0.29, 0.717) is 0 Å². The Labute approximate surface area is 216 Å². The van der Waals surface area contributed by atoms with E-state index in [4.69, 9.17) is 23.7 Å². The minimum Gasteiger partial charge on any atom is -0.429 e. The summed E-state index contributed by atoms with van der Waals surface area (Å²) in [7, 11) is 0. The molecule has 0 fully saturated rings. The molecule has 0 spiro atoms. The highest BCUT2D eigenvalue weighted by Gasteiger charge is 2.23. The third-order valence-corrected chi connectivity index (χ3v) is 4.82. The fourth-order valence-corrected chi connectivity index (χ4v) is 3.25. The predicted octanol–water partition coefficient (Wildman–Crippen LogP) is 7.65. The molecule has 0 aliphatic heterocycles. The summed E-state index contributed by atoms with van der Waals surface area (Å²) in [4.78, 5) is 30.9. The van der Waals surface area contributed by atoms with E-state index in [9.17, 15) is 9.59 Å². The molecule has 0 N–H and O–H groups in total. The lowest BCUT2D eigenvalue weighted by molar-refractivity contribution is -0.0980. The first-order valence-corrected chi connectivity index (χ1v) is 12.1. The van der Waals surface area contributed by atoms with Crippen molar-refractivity contribution in [3.8, 4) is 0 Å². The molecule has 7 nitrogen and oxygen atoms in total. The Hall–Kier alpha value is -3.35. The molecule has 0 radical (unpaired) electrons. The summed E-state index contributed by atoms with van der Waals surface area (Å²) in [5, 5.41) is 0. The Morgan fingerprint density at radius 3 is 1.22 bits per heavy atom. The highest BCUT2D eigenvalue weighted by Crippen LogP contribution is 2.18. The average Bonchev–Trinajstić information content (AvgIpc) is 2.84. The molecule has 200 valence electrons. The maximum Gasteiger partial charge on any atom is 0.509 e. The van der Waals surface area contributed by atoms with E-state index < -0.39 is 23.5 Å². The smallest absolute Gasteiger partial charge is 0.429 e. The fraction of sp³-hybridized carbons (Fsp3) is 0.483. The van der Waals surface area contributed by atoms with Crippen LogP contribution in [0, 0.1) is 0 Å². The van der Waals surface area contributed by atoms with Crippen molar-refractivity contribution in [1.82, 2.24) is 0 Å². The second-order valence-electron chi connectivity index (χ2n) is 9.27. The largest absolute Gasteiger partial charge is 0.509 e. The molecular formula is C29H42O7. The van der Waals surface area contributed by atoms with Crippen molar-refractivity contribution >= 4 is 19.1 Å². The summed E-state index contributed by atoms with van der Waals surface area (Å²) in [6.45, 7) is 14.2. The summed E-state index contributed by atoms with van der Waals surface area (Å²) in [6.07, 6.45) is 2.39. The predicted molar refractivity (Wildman–Crippen MR) is 141 cm³/mol. The van der Waals surface area contributed by atoms with Gasteiger partial charge in [0.2, 0.25) is 0 Å². The lowest BCUT2D eigenvalue weighted by atomic mass is 10.0. The Balaban J connectivity index is 0.000000637. The van der Waals surface area contributed by atoms with Crippen LogP contribution in [0.2, 0.25) is 0 Å². The van der Waals surface area contributed by atoms with E-state index in [2.05, 4.69) is 13.8 Å². The van der Waals surface area contributed by atoms with Crippen LogP contribution in [-0.4, -0.2) is 30.3 Å². The molecule has 0 heterocycles. The van der Waals surface area contributed by atoms with Crippen LogP contribution in [0.3, 0.4) is 0 Å². The molecule has 0 bridgehead atoms. The Morgan fingerprint density at radius 2 is 0.944 bits per heavy atom. The maximum absolute atomic E-state index is 11.5. The minimum atomic E-state index is -0.604. The van der Waals surface area contributed by atoms with Crippen molar-refractivity contribution in [2.45, 2.75) is 91.6 Å². The van der Waals surface area contributed by atoms with E-state index in [0.717, 1.165) is 36.8 Å². The summed E-state index contributed by atoms with van der Waals surface area (Å²) >= 11 is 0. The molecule has 0 saturated carbocycles. The fourth-order valence-electron chi connectivity index (χ4n) is 3.25. The number of carbonyl (C=O) groups is 3. The van der Waals surface area contributed by atoms with Gasteiger partial charge in [-0.1, -0.05) is 87.4 Å². The molecule has 0 aliphatic carbocycles. The zero-order valence-electron chi connectivity index (χ0n) is 22.6. The van der Waals surface area contributed by atoms with E-state index in [1.807, 2.05) is 95.1 Å². The van der Waals surface area contributed by atoms with E-state index in [1.165, 1.54) is 0 Å². The van der Waals surface area contributed by atoms with Gasteiger partial charge in [-0.3, -0.25) is 0 Å². The number of ether oxygens (including phenoxy) is 4. The van der Waals surface area contributed by atoms with Crippen LogP contribution >= 0.6 is 0 Å². The maximum atomic E-state index is 11.5. The summed E-state index contributed by atoms with van der Waals surface area (Å²) in [5.41, 5.74) is 1.00. The van der Waals surface area contributed by atoms with Gasteiger partial charge in [-0.2, -0.15) is 0 Å². The number of rotatable bonds is 10. The molecular weight excluding hydrogens is 460 g/mol. The summed E-state index contributed by atoms with van der Waals surface area (Å²) in [5.74, 6) is 0. The van der Waals surface area contributed by atoms with Crippen LogP contribution in [0.25, 0.3) is 0 Å². The van der Waals surface area contributed by atoms with Gasteiger partial charge in [0.05, 0.1) is 0 Å². The molecule has 7 heteroatoms. The second kappa shape index (κ2) is 18.0. The van der Waals surface area contributed by atoms with E-state index in [-0.39, 0.29) is 13.2 Å².